The van der Waals surface area contributed by atoms with Crippen molar-refractivity contribution < 1.29 is 14.7 Å². The number of aliphatic carboxylic acids is 1. The summed E-state index contributed by atoms with van der Waals surface area (Å²) in [5.74, 6) is -0.254. The molecule has 0 saturated heterocycles. The van der Waals surface area contributed by atoms with Gasteiger partial charge in [0.05, 0.1) is 0 Å². The molecule has 0 aromatic rings. The van der Waals surface area contributed by atoms with E-state index in [-0.39, 0.29) is 6.03 Å². The molecule has 0 rings (SSSR count). The maximum Gasteiger partial charge on any atom is 0.326 e. The van der Waals surface area contributed by atoms with E-state index in [1.54, 1.807) is 23.7 Å². The Hall–Kier alpha value is -0.910. The summed E-state index contributed by atoms with van der Waals surface area (Å²) in [4.78, 5) is 24.3. The number of hydrogen-bond donors (Lipinski definition) is 2. The van der Waals surface area contributed by atoms with E-state index in [4.69, 9.17) is 5.11 Å². The first-order valence-corrected chi connectivity index (χ1v) is 7.65. The van der Waals surface area contributed by atoms with Gasteiger partial charge in [0.1, 0.15) is 6.04 Å². The fraction of sp³-hybridized carbons (Fsp3) is 0.833. The van der Waals surface area contributed by atoms with Crippen LogP contribution in [0, 0.1) is 0 Å². The van der Waals surface area contributed by atoms with Gasteiger partial charge in [0, 0.05) is 13.6 Å². The van der Waals surface area contributed by atoms with Crippen LogP contribution < -0.4 is 5.32 Å². The molecule has 0 bridgehead atoms. The molecule has 2 N–H and O–H groups in total. The number of unbranched alkanes of at least 4 members (excludes halogenated alkanes) is 2. The number of nitrogens with zero attached hydrogens (tertiary/aromatic N) is 1. The van der Waals surface area contributed by atoms with Crippen molar-refractivity contribution in [2.45, 2.75) is 38.6 Å². The molecule has 1 atom stereocenters. The lowest BCUT2D eigenvalue weighted by molar-refractivity contribution is -0.139. The minimum absolute atomic E-state index is 0.306. The van der Waals surface area contributed by atoms with Crippen molar-refractivity contribution in [1.29, 1.82) is 0 Å². The van der Waals surface area contributed by atoms with Gasteiger partial charge in [0.15, 0.2) is 0 Å². The first-order valence-electron chi connectivity index (χ1n) is 6.26. The Bertz CT molecular complexity index is 262. The second-order valence-corrected chi connectivity index (χ2v) is 5.24. The van der Waals surface area contributed by atoms with Crippen LogP contribution in [-0.2, 0) is 4.79 Å². The highest BCUT2D eigenvalue weighted by Crippen LogP contribution is 2.02. The molecule has 0 radical (unpaired) electrons. The molecule has 2 amide bonds. The van der Waals surface area contributed by atoms with Gasteiger partial charge in [-0.15, -0.1) is 0 Å². The Morgan fingerprint density at radius 1 is 1.39 bits per heavy atom. The minimum atomic E-state index is -0.973. The lowest BCUT2D eigenvalue weighted by Crippen LogP contribution is -2.47. The third-order valence-electron chi connectivity index (χ3n) is 2.65. The summed E-state index contributed by atoms with van der Waals surface area (Å²) in [6.45, 7) is 2.76. The van der Waals surface area contributed by atoms with Crippen molar-refractivity contribution in [2.24, 2.45) is 0 Å². The fourth-order valence-electron chi connectivity index (χ4n) is 1.45. The molecule has 0 heterocycles. The third-order valence-corrected chi connectivity index (χ3v) is 3.29. The van der Waals surface area contributed by atoms with Crippen LogP contribution >= 0.6 is 11.8 Å². The molecule has 106 valence electrons. The SMILES string of the molecule is CCCCCN(C)C(=O)N[C@H](CCSC)C(=O)O. The molecule has 18 heavy (non-hydrogen) atoms. The molecule has 0 aromatic heterocycles. The quantitative estimate of drug-likeness (QED) is 0.632. The lowest BCUT2D eigenvalue weighted by Gasteiger charge is -2.21. The topological polar surface area (TPSA) is 69.6 Å². The molecular formula is C12H24N2O3S. The number of carboxylic acid groups (broad SMARTS) is 1. The molecule has 0 unspecified atom stereocenters. The maximum absolute atomic E-state index is 11.8. The van der Waals surface area contributed by atoms with Crippen molar-refractivity contribution in [2.75, 3.05) is 25.6 Å². The average molecular weight is 276 g/mol. The zero-order valence-electron chi connectivity index (χ0n) is 11.4. The van der Waals surface area contributed by atoms with Crippen molar-refractivity contribution >= 4 is 23.8 Å². The van der Waals surface area contributed by atoms with Crippen molar-refractivity contribution in [1.82, 2.24) is 10.2 Å². The van der Waals surface area contributed by atoms with Crippen LogP contribution in [0.3, 0.4) is 0 Å². The van der Waals surface area contributed by atoms with Crippen molar-refractivity contribution in [3.63, 3.8) is 0 Å². The predicted octanol–water partition coefficient (Wildman–Crippen LogP) is 2.02. The monoisotopic (exact) mass is 276 g/mol. The molecule has 0 aromatic carbocycles. The van der Waals surface area contributed by atoms with E-state index in [0.717, 1.165) is 25.0 Å². The fourth-order valence-corrected chi connectivity index (χ4v) is 1.92. The zero-order chi connectivity index (χ0) is 14.0. The number of nitrogens with one attached hydrogen (secondary N) is 1. The third kappa shape index (κ3) is 7.42. The molecule has 0 saturated carbocycles. The van der Waals surface area contributed by atoms with Crippen LogP contribution in [-0.4, -0.2) is 53.6 Å². The second kappa shape index (κ2) is 10.1. The summed E-state index contributed by atoms with van der Waals surface area (Å²) in [6.07, 6.45) is 5.49. The summed E-state index contributed by atoms with van der Waals surface area (Å²) in [6, 6.07) is -1.10. The number of amides is 2. The largest absolute Gasteiger partial charge is 0.480 e. The highest BCUT2D eigenvalue weighted by molar-refractivity contribution is 7.98. The van der Waals surface area contributed by atoms with Gasteiger partial charge in [-0.25, -0.2) is 9.59 Å². The number of rotatable bonds is 9. The molecule has 0 fully saturated rings. The van der Waals surface area contributed by atoms with Crippen LogP contribution in [0.1, 0.15) is 32.6 Å². The van der Waals surface area contributed by atoms with Gasteiger partial charge in [0.2, 0.25) is 0 Å². The Morgan fingerprint density at radius 3 is 2.56 bits per heavy atom. The van der Waals surface area contributed by atoms with Crippen LogP contribution in [0.4, 0.5) is 4.79 Å². The standard InChI is InChI=1S/C12H24N2O3S/c1-4-5-6-8-14(2)12(17)13-10(11(15)16)7-9-18-3/h10H,4-9H2,1-3H3,(H,13,17)(H,15,16)/t10-/m1/s1. The van der Waals surface area contributed by atoms with E-state index < -0.39 is 12.0 Å². The molecule has 6 heteroatoms. The van der Waals surface area contributed by atoms with E-state index in [2.05, 4.69) is 12.2 Å². The average Bonchev–Trinajstić information content (AvgIpc) is 2.33. The van der Waals surface area contributed by atoms with E-state index in [1.165, 1.54) is 0 Å². The van der Waals surface area contributed by atoms with E-state index in [1.807, 2.05) is 6.26 Å². The predicted molar refractivity (Wildman–Crippen MR) is 75.1 cm³/mol. The van der Waals surface area contributed by atoms with Crippen molar-refractivity contribution in [3.05, 3.63) is 0 Å². The number of urea groups is 1. The summed E-state index contributed by atoms with van der Waals surface area (Å²) in [7, 11) is 1.69. The van der Waals surface area contributed by atoms with Gasteiger partial charge in [-0.05, 0) is 24.9 Å². The first kappa shape index (κ1) is 17.1. The number of thioether (sulfide) groups is 1. The maximum atomic E-state index is 11.8. The highest BCUT2D eigenvalue weighted by atomic mass is 32.2. The van der Waals surface area contributed by atoms with Gasteiger partial charge in [-0.2, -0.15) is 11.8 Å². The Morgan fingerprint density at radius 2 is 2.06 bits per heavy atom. The zero-order valence-corrected chi connectivity index (χ0v) is 12.3. The second-order valence-electron chi connectivity index (χ2n) is 4.25. The molecule has 0 aliphatic heterocycles. The molecule has 0 spiro atoms. The molecular weight excluding hydrogens is 252 g/mol. The minimum Gasteiger partial charge on any atom is -0.480 e. The van der Waals surface area contributed by atoms with Crippen LogP contribution in [0.2, 0.25) is 0 Å². The number of carboxylic acids is 1. The summed E-state index contributed by atoms with van der Waals surface area (Å²) < 4.78 is 0. The number of carbonyl (C=O) groups excluding carboxylic acids is 1. The highest BCUT2D eigenvalue weighted by Gasteiger charge is 2.20. The van der Waals surface area contributed by atoms with Crippen molar-refractivity contribution in [3.8, 4) is 0 Å². The first-order chi connectivity index (χ1) is 8.52. The van der Waals surface area contributed by atoms with Gasteiger partial charge in [-0.3, -0.25) is 0 Å². The molecule has 0 aliphatic rings. The van der Waals surface area contributed by atoms with Gasteiger partial charge < -0.3 is 15.3 Å². The summed E-state index contributed by atoms with van der Waals surface area (Å²) in [5, 5.41) is 11.6. The van der Waals surface area contributed by atoms with Gasteiger partial charge in [-0.1, -0.05) is 19.8 Å². The van der Waals surface area contributed by atoms with Gasteiger partial charge in [0.25, 0.3) is 0 Å². The lowest BCUT2D eigenvalue weighted by atomic mass is 10.2. The molecule has 5 nitrogen and oxygen atoms in total. The summed E-state index contributed by atoms with van der Waals surface area (Å²) in [5.41, 5.74) is 0. The van der Waals surface area contributed by atoms with Gasteiger partial charge >= 0.3 is 12.0 Å². The van der Waals surface area contributed by atoms with Crippen LogP contribution in [0.15, 0.2) is 0 Å². The van der Waals surface area contributed by atoms with Crippen LogP contribution in [0.5, 0.6) is 0 Å². The Balaban J connectivity index is 4.10. The normalized spacial score (nSPS) is 11.9. The summed E-state index contributed by atoms with van der Waals surface area (Å²) >= 11 is 1.57. The smallest absolute Gasteiger partial charge is 0.326 e. The number of carbonyl (C=O) groups is 2. The van der Waals surface area contributed by atoms with Crippen LogP contribution in [0.25, 0.3) is 0 Å². The van der Waals surface area contributed by atoms with E-state index in [9.17, 15) is 9.59 Å². The number of hydrogen-bond acceptors (Lipinski definition) is 3. The Kier molecular flexibility index (Phi) is 9.55. The molecule has 0 aliphatic carbocycles. The van der Waals surface area contributed by atoms with E-state index >= 15 is 0 Å². The Labute approximate surface area is 113 Å². The van der Waals surface area contributed by atoms with E-state index in [0.29, 0.717) is 13.0 Å².